The van der Waals surface area contributed by atoms with Gasteiger partial charge in [0, 0.05) is 13.5 Å². The van der Waals surface area contributed by atoms with E-state index in [0.29, 0.717) is 5.56 Å². The first-order valence-corrected chi connectivity index (χ1v) is 7.42. The smallest absolute Gasteiger partial charge is 0.119 e. The molecule has 0 heterocycles. The molecule has 0 aliphatic heterocycles. The number of hydrogen-bond acceptors (Lipinski definition) is 3. The van der Waals surface area contributed by atoms with Gasteiger partial charge in [0.15, 0.2) is 0 Å². The minimum absolute atomic E-state index is 0.107. The van der Waals surface area contributed by atoms with Crippen molar-refractivity contribution in [2.45, 2.75) is 32.5 Å². The van der Waals surface area contributed by atoms with E-state index >= 15 is 0 Å². The van der Waals surface area contributed by atoms with Gasteiger partial charge < -0.3 is 9.47 Å². The number of nitriles is 1. The second kappa shape index (κ2) is 7.63. The van der Waals surface area contributed by atoms with Crippen LogP contribution in [0.2, 0.25) is 0 Å². The van der Waals surface area contributed by atoms with E-state index in [2.05, 4.69) is 6.07 Å². The molecule has 2 aromatic rings. The summed E-state index contributed by atoms with van der Waals surface area (Å²) in [6.07, 6.45) is 1.15. The molecule has 0 bridgehead atoms. The van der Waals surface area contributed by atoms with Gasteiger partial charge in [0.1, 0.15) is 5.75 Å². The van der Waals surface area contributed by atoms with E-state index in [9.17, 15) is 0 Å². The third kappa shape index (κ3) is 4.34. The minimum atomic E-state index is 0.107. The van der Waals surface area contributed by atoms with E-state index in [1.54, 1.807) is 7.11 Å². The van der Waals surface area contributed by atoms with Crippen LogP contribution < -0.4 is 4.74 Å². The summed E-state index contributed by atoms with van der Waals surface area (Å²) in [6.45, 7) is 4.08. The van der Waals surface area contributed by atoms with Crippen LogP contribution in [0.4, 0.5) is 0 Å². The third-order valence-corrected chi connectivity index (χ3v) is 3.61. The van der Waals surface area contributed by atoms with Gasteiger partial charge in [-0.1, -0.05) is 24.3 Å². The predicted molar refractivity (Wildman–Crippen MR) is 87.8 cm³/mol. The number of benzene rings is 2. The van der Waals surface area contributed by atoms with Crippen molar-refractivity contribution >= 4 is 0 Å². The molecule has 0 spiro atoms. The zero-order chi connectivity index (χ0) is 15.9. The molecule has 3 nitrogen and oxygen atoms in total. The largest absolute Gasteiger partial charge is 0.491 e. The molecule has 114 valence electrons. The van der Waals surface area contributed by atoms with Crippen molar-refractivity contribution in [3.63, 3.8) is 0 Å². The molecule has 22 heavy (non-hydrogen) atoms. The SMILES string of the molecule is CO[C@@H](C)C[C@@H](C)Oc1ccc(-c2ccc(C#N)cc2)cc1. The Kier molecular flexibility index (Phi) is 5.57. The average Bonchev–Trinajstić information content (AvgIpc) is 2.55. The van der Waals surface area contributed by atoms with Crippen molar-refractivity contribution in [1.82, 2.24) is 0 Å². The van der Waals surface area contributed by atoms with Crippen molar-refractivity contribution in [2.24, 2.45) is 0 Å². The molecule has 0 aliphatic carbocycles. The summed E-state index contributed by atoms with van der Waals surface area (Å²) < 4.78 is 11.1. The molecule has 2 rings (SSSR count). The first-order valence-electron chi connectivity index (χ1n) is 7.42. The van der Waals surface area contributed by atoms with Crippen LogP contribution in [0.1, 0.15) is 25.8 Å². The molecule has 0 radical (unpaired) electrons. The van der Waals surface area contributed by atoms with Gasteiger partial charge >= 0.3 is 0 Å². The lowest BCUT2D eigenvalue weighted by Crippen LogP contribution is -2.19. The number of ether oxygens (including phenoxy) is 2. The van der Waals surface area contributed by atoms with Crippen LogP contribution in [0.5, 0.6) is 5.75 Å². The highest BCUT2D eigenvalue weighted by atomic mass is 16.5. The third-order valence-electron chi connectivity index (χ3n) is 3.61. The van der Waals surface area contributed by atoms with E-state index in [1.807, 2.05) is 62.4 Å². The maximum atomic E-state index is 8.82. The Morgan fingerprint density at radius 1 is 0.909 bits per heavy atom. The summed E-state index contributed by atoms with van der Waals surface area (Å²) >= 11 is 0. The van der Waals surface area contributed by atoms with E-state index in [-0.39, 0.29) is 12.2 Å². The van der Waals surface area contributed by atoms with Gasteiger partial charge in [0.25, 0.3) is 0 Å². The summed E-state index contributed by atoms with van der Waals surface area (Å²) in [5.74, 6) is 0.855. The molecule has 0 unspecified atom stereocenters. The Labute approximate surface area is 132 Å². The lowest BCUT2D eigenvalue weighted by atomic mass is 10.0. The Morgan fingerprint density at radius 2 is 1.45 bits per heavy atom. The minimum Gasteiger partial charge on any atom is -0.491 e. The quantitative estimate of drug-likeness (QED) is 0.792. The Hall–Kier alpha value is -2.31. The molecule has 0 fully saturated rings. The molecule has 3 heteroatoms. The summed E-state index contributed by atoms with van der Waals surface area (Å²) in [5.41, 5.74) is 2.87. The van der Waals surface area contributed by atoms with Gasteiger partial charge in [0.05, 0.1) is 23.8 Å². The summed E-state index contributed by atoms with van der Waals surface area (Å²) in [4.78, 5) is 0. The van der Waals surface area contributed by atoms with E-state index in [0.717, 1.165) is 23.3 Å². The fourth-order valence-corrected chi connectivity index (χ4v) is 2.31. The van der Waals surface area contributed by atoms with Gasteiger partial charge in [-0.15, -0.1) is 0 Å². The predicted octanol–water partition coefficient (Wildman–Crippen LogP) is 4.42. The maximum absolute atomic E-state index is 8.82. The topological polar surface area (TPSA) is 42.2 Å². The Balaban J connectivity index is 2.02. The fraction of sp³-hybridized carbons (Fsp3) is 0.316. The lowest BCUT2D eigenvalue weighted by Gasteiger charge is -2.18. The highest BCUT2D eigenvalue weighted by molar-refractivity contribution is 5.64. The molecule has 0 aromatic heterocycles. The van der Waals surface area contributed by atoms with Crippen LogP contribution in [0.15, 0.2) is 48.5 Å². The second-order valence-corrected chi connectivity index (χ2v) is 5.42. The van der Waals surface area contributed by atoms with Gasteiger partial charge in [-0.25, -0.2) is 0 Å². The van der Waals surface area contributed by atoms with Gasteiger partial charge in [-0.05, 0) is 49.2 Å². The average molecular weight is 295 g/mol. The number of hydrogen-bond donors (Lipinski definition) is 0. The van der Waals surface area contributed by atoms with Crippen LogP contribution in [-0.2, 0) is 4.74 Å². The Morgan fingerprint density at radius 3 is 1.95 bits per heavy atom. The van der Waals surface area contributed by atoms with Crippen LogP contribution >= 0.6 is 0 Å². The van der Waals surface area contributed by atoms with Gasteiger partial charge in [0.2, 0.25) is 0 Å². The zero-order valence-electron chi connectivity index (χ0n) is 13.2. The molecule has 0 aliphatic rings. The van der Waals surface area contributed by atoms with Crippen LogP contribution in [0, 0.1) is 11.3 Å². The number of rotatable bonds is 6. The lowest BCUT2D eigenvalue weighted by molar-refractivity contribution is 0.0719. The normalized spacial score (nSPS) is 13.2. The van der Waals surface area contributed by atoms with Crippen molar-refractivity contribution in [2.75, 3.05) is 7.11 Å². The zero-order valence-corrected chi connectivity index (χ0v) is 13.2. The van der Waals surface area contributed by atoms with E-state index < -0.39 is 0 Å². The molecule has 0 amide bonds. The van der Waals surface area contributed by atoms with Gasteiger partial charge in [-0.2, -0.15) is 5.26 Å². The second-order valence-electron chi connectivity index (χ2n) is 5.42. The standard InChI is InChI=1S/C19H21NO2/c1-14(21-3)12-15(2)22-19-10-8-18(9-11-19)17-6-4-16(13-20)5-7-17/h4-11,14-15H,12H2,1-3H3/t14-,15+/m0/s1. The van der Waals surface area contributed by atoms with Crippen LogP contribution in [0.25, 0.3) is 11.1 Å². The molecule has 2 atom stereocenters. The van der Waals surface area contributed by atoms with Gasteiger partial charge in [-0.3, -0.25) is 0 Å². The van der Waals surface area contributed by atoms with Crippen molar-refractivity contribution in [3.05, 3.63) is 54.1 Å². The number of nitrogens with zero attached hydrogens (tertiary/aromatic N) is 1. The maximum Gasteiger partial charge on any atom is 0.119 e. The highest BCUT2D eigenvalue weighted by Gasteiger charge is 2.09. The van der Waals surface area contributed by atoms with E-state index in [1.165, 1.54) is 0 Å². The highest BCUT2D eigenvalue weighted by Crippen LogP contribution is 2.23. The summed E-state index contributed by atoms with van der Waals surface area (Å²) in [5, 5.41) is 8.82. The molecule has 0 N–H and O–H groups in total. The van der Waals surface area contributed by atoms with Crippen LogP contribution in [0.3, 0.4) is 0 Å². The Bertz CT molecular complexity index is 626. The van der Waals surface area contributed by atoms with E-state index in [4.69, 9.17) is 14.7 Å². The van der Waals surface area contributed by atoms with Crippen molar-refractivity contribution in [3.8, 4) is 22.9 Å². The molecule has 2 aromatic carbocycles. The van der Waals surface area contributed by atoms with Crippen molar-refractivity contribution < 1.29 is 9.47 Å². The first-order chi connectivity index (χ1) is 10.6. The monoisotopic (exact) mass is 295 g/mol. The number of methoxy groups -OCH3 is 1. The molecular weight excluding hydrogens is 274 g/mol. The summed E-state index contributed by atoms with van der Waals surface area (Å²) in [6, 6.07) is 17.7. The summed E-state index contributed by atoms with van der Waals surface area (Å²) in [7, 11) is 1.71. The first kappa shape index (κ1) is 16.1. The van der Waals surface area contributed by atoms with Crippen LogP contribution in [-0.4, -0.2) is 19.3 Å². The fourth-order valence-electron chi connectivity index (χ4n) is 2.31. The molecule has 0 saturated carbocycles. The molecule has 0 saturated heterocycles. The molecular formula is C19H21NO2. The van der Waals surface area contributed by atoms with Crippen molar-refractivity contribution in [1.29, 1.82) is 5.26 Å².